The summed E-state index contributed by atoms with van der Waals surface area (Å²) in [6.45, 7) is 8.66. The van der Waals surface area contributed by atoms with Gasteiger partial charge in [0, 0.05) is 37.5 Å². The normalized spacial score (nSPS) is 15.8. The van der Waals surface area contributed by atoms with E-state index in [1.165, 1.54) is 6.33 Å². The van der Waals surface area contributed by atoms with Crippen LogP contribution in [0.1, 0.15) is 44.0 Å². The Morgan fingerprint density at radius 2 is 1.96 bits per heavy atom. The maximum Gasteiger partial charge on any atom is 0.254 e. The van der Waals surface area contributed by atoms with Gasteiger partial charge in [-0.25, -0.2) is 9.97 Å². The Balaban J connectivity index is 1.45. The number of hydrogen-bond donors (Lipinski definition) is 0. The molecule has 0 bridgehead atoms. The van der Waals surface area contributed by atoms with Gasteiger partial charge in [-0.05, 0) is 31.6 Å². The first-order chi connectivity index (χ1) is 13.0. The van der Waals surface area contributed by atoms with Crippen molar-refractivity contribution in [3.63, 3.8) is 0 Å². The van der Waals surface area contributed by atoms with Crippen LogP contribution in [0.3, 0.4) is 0 Å². The van der Waals surface area contributed by atoms with E-state index in [4.69, 9.17) is 0 Å². The lowest BCUT2D eigenvalue weighted by atomic mass is 9.96. The first kappa shape index (κ1) is 17.6. The lowest BCUT2D eigenvalue weighted by Gasteiger charge is -2.33. The molecule has 0 radical (unpaired) electrons. The highest BCUT2D eigenvalue weighted by Gasteiger charge is 2.22. The van der Waals surface area contributed by atoms with Crippen LogP contribution in [-0.2, 0) is 6.54 Å². The fourth-order valence-electron chi connectivity index (χ4n) is 3.65. The van der Waals surface area contributed by atoms with Crippen LogP contribution in [0.4, 0.5) is 5.82 Å². The van der Waals surface area contributed by atoms with Gasteiger partial charge in [0.25, 0.3) is 11.3 Å². The first-order valence-electron chi connectivity index (χ1n) is 9.50. The maximum atomic E-state index is 12.3. The molecule has 0 unspecified atom stereocenters. The van der Waals surface area contributed by atoms with Crippen LogP contribution in [-0.4, -0.2) is 42.2 Å². The minimum Gasteiger partial charge on any atom is -0.356 e. The number of piperidine rings is 1. The van der Waals surface area contributed by atoms with E-state index in [1.54, 1.807) is 21.5 Å². The molecule has 0 aromatic carbocycles. The highest BCUT2D eigenvalue weighted by atomic mass is 16.1. The number of anilines is 1. The standard InChI is InChI=1S/C19H25N7O/c1-13(2)16-9-18(27)25(12-21-16)10-15-4-6-24(7-5-15)17-8-14(3)23-19-20-11-22-26(17)19/h8-9,11-13,15H,4-7,10H2,1-3H3. The molecule has 1 fully saturated rings. The first-order valence-corrected chi connectivity index (χ1v) is 9.50. The minimum atomic E-state index is 0.0465. The van der Waals surface area contributed by atoms with Crippen LogP contribution in [0.25, 0.3) is 5.78 Å². The molecule has 3 aromatic rings. The highest BCUT2D eigenvalue weighted by Crippen LogP contribution is 2.24. The Labute approximate surface area is 157 Å². The molecule has 27 heavy (non-hydrogen) atoms. The predicted molar refractivity (Wildman–Crippen MR) is 103 cm³/mol. The summed E-state index contributed by atoms with van der Waals surface area (Å²) in [6.07, 6.45) is 5.29. The summed E-state index contributed by atoms with van der Waals surface area (Å²) in [4.78, 5) is 27.7. The van der Waals surface area contributed by atoms with E-state index in [0.717, 1.165) is 49.7 Å². The molecular weight excluding hydrogens is 342 g/mol. The molecule has 8 heteroatoms. The molecular formula is C19H25N7O. The van der Waals surface area contributed by atoms with Gasteiger partial charge < -0.3 is 4.90 Å². The van der Waals surface area contributed by atoms with Crippen molar-refractivity contribution in [3.05, 3.63) is 46.5 Å². The molecule has 4 rings (SSSR count). The Morgan fingerprint density at radius 1 is 1.19 bits per heavy atom. The average Bonchev–Trinajstić information content (AvgIpc) is 3.11. The SMILES string of the molecule is Cc1cc(N2CCC(Cn3cnc(C(C)C)cc3=O)CC2)n2ncnc2n1. The number of fused-ring (bicyclic) bond motifs is 1. The van der Waals surface area contributed by atoms with Crippen LogP contribution >= 0.6 is 0 Å². The molecule has 0 spiro atoms. The molecule has 0 N–H and O–H groups in total. The second-order valence-corrected chi connectivity index (χ2v) is 7.62. The average molecular weight is 367 g/mol. The van der Waals surface area contributed by atoms with Crippen LogP contribution < -0.4 is 10.5 Å². The second kappa shape index (κ2) is 7.09. The highest BCUT2D eigenvalue weighted by molar-refractivity contribution is 5.47. The Hall–Kier alpha value is -2.77. The molecule has 1 aliphatic heterocycles. The zero-order valence-corrected chi connectivity index (χ0v) is 16.0. The van der Waals surface area contributed by atoms with Crippen LogP contribution in [0.2, 0.25) is 0 Å². The van der Waals surface area contributed by atoms with Crippen LogP contribution in [0, 0.1) is 12.8 Å². The largest absolute Gasteiger partial charge is 0.356 e. The van der Waals surface area contributed by atoms with Crippen molar-refractivity contribution in [1.82, 2.24) is 29.1 Å². The molecule has 142 valence electrons. The molecule has 4 heterocycles. The second-order valence-electron chi connectivity index (χ2n) is 7.62. The summed E-state index contributed by atoms with van der Waals surface area (Å²) in [7, 11) is 0. The number of nitrogens with zero attached hydrogens (tertiary/aromatic N) is 7. The van der Waals surface area contributed by atoms with Gasteiger partial charge in [0.1, 0.15) is 12.1 Å². The number of hydrogen-bond acceptors (Lipinski definition) is 6. The third kappa shape index (κ3) is 3.56. The fourth-order valence-corrected chi connectivity index (χ4v) is 3.65. The molecule has 3 aromatic heterocycles. The summed E-state index contributed by atoms with van der Waals surface area (Å²) in [5.41, 5.74) is 1.84. The smallest absolute Gasteiger partial charge is 0.254 e. The van der Waals surface area contributed by atoms with E-state index in [9.17, 15) is 4.79 Å². The summed E-state index contributed by atoms with van der Waals surface area (Å²) >= 11 is 0. The van der Waals surface area contributed by atoms with E-state index in [2.05, 4.69) is 44.9 Å². The molecule has 0 saturated carbocycles. The van der Waals surface area contributed by atoms with E-state index < -0.39 is 0 Å². The molecule has 1 aliphatic rings. The third-order valence-electron chi connectivity index (χ3n) is 5.25. The Bertz CT molecular complexity index is 999. The van der Waals surface area contributed by atoms with Crippen molar-refractivity contribution in [3.8, 4) is 0 Å². The number of aromatic nitrogens is 6. The van der Waals surface area contributed by atoms with Gasteiger partial charge in [0.15, 0.2) is 0 Å². The summed E-state index contributed by atoms with van der Waals surface area (Å²) in [5, 5.41) is 4.30. The molecule has 1 saturated heterocycles. The molecule has 8 nitrogen and oxygen atoms in total. The van der Waals surface area contributed by atoms with Gasteiger partial charge in [-0.1, -0.05) is 13.8 Å². The van der Waals surface area contributed by atoms with E-state index in [1.807, 2.05) is 6.92 Å². The van der Waals surface area contributed by atoms with Crippen LogP contribution in [0.15, 0.2) is 29.6 Å². The molecule has 0 aliphatic carbocycles. The van der Waals surface area contributed by atoms with Gasteiger partial charge in [0.2, 0.25) is 0 Å². The molecule has 0 atom stereocenters. The van der Waals surface area contributed by atoms with Crippen molar-refractivity contribution >= 4 is 11.6 Å². The quantitative estimate of drug-likeness (QED) is 0.702. The summed E-state index contributed by atoms with van der Waals surface area (Å²) < 4.78 is 3.55. The van der Waals surface area contributed by atoms with Gasteiger partial charge in [-0.3, -0.25) is 9.36 Å². The van der Waals surface area contributed by atoms with E-state index in [0.29, 0.717) is 11.7 Å². The zero-order valence-electron chi connectivity index (χ0n) is 16.0. The monoisotopic (exact) mass is 367 g/mol. The summed E-state index contributed by atoms with van der Waals surface area (Å²) in [5.74, 6) is 2.41. The number of rotatable bonds is 4. The number of aryl methyl sites for hydroxylation is 1. The fraction of sp³-hybridized carbons (Fsp3) is 0.526. The maximum absolute atomic E-state index is 12.3. The van der Waals surface area contributed by atoms with Gasteiger partial charge in [-0.2, -0.15) is 14.6 Å². The Kier molecular flexibility index (Phi) is 4.63. The van der Waals surface area contributed by atoms with Crippen molar-refractivity contribution in [2.45, 2.75) is 46.1 Å². The van der Waals surface area contributed by atoms with Crippen molar-refractivity contribution in [1.29, 1.82) is 0 Å². The molecule has 0 amide bonds. The lowest BCUT2D eigenvalue weighted by Crippen LogP contribution is -2.37. The Morgan fingerprint density at radius 3 is 2.67 bits per heavy atom. The minimum absolute atomic E-state index is 0.0465. The van der Waals surface area contributed by atoms with Gasteiger partial charge >= 0.3 is 0 Å². The predicted octanol–water partition coefficient (Wildman–Crippen LogP) is 2.03. The topological polar surface area (TPSA) is 81.2 Å². The lowest BCUT2D eigenvalue weighted by molar-refractivity contribution is 0.349. The van der Waals surface area contributed by atoms with Gasteiger partial charge in [0.05, 0.1) is 12.0 Å². The van der Waals surface area contributed by atoms with E-state index in [-0.39, 0.29) is 11.5 Å². The zero-order chi connectivity index (χ0) is 19.0. The van der Waals surface area contributed by atoms with Crippen LogP contribution in [0.5, 0.6) is 0 Å². The van der Waals surface area contributed by atoms with E-state index >= 15 is 0 Å². The van der Waals surface area contributed by atoms with Crippen molar-refractivity contribution < 1.29 is 0 Å². The van der Waals surface area contributed by atoms with Crippen molar-refractivity contribution in [2.24, 2.45) is 5.92 Å². The van der Waals surface area contributed by atoms with Crippen molar-refractivity contribution in [2.75, 3.05) is 18.0 Å². The summed E-state index contributed by atoms with van der Waals surface area (Å²) in [6, 6.07) is 3.72. The third-order valence-corrected chi connectivity index (χ3v) is 5.25. The van der Waals surface area contributed by atoms with Gasteiger partial charge in [-0.15, -0.1) is 0 Å².